The van der Waals surface area contributed by atoms with Gasteiger partial charge < -0.3 is 9.47 Å². The normalized spacial score (nSPS) is 16.6. The van der Waals surface area contributed by atoms with Gasteiger partial charge in [-0.15, -0.1) is 0 Å². The Labute approximate surface area is 166 Å². The zero-order valence-corrected chi connectivity index (χ0v) is 17.9. The Hall–Kier alpha value is -1.97. The molecule has 0 atom stereocenters. The molecule has 0 N–H and O–H groups in total. The second-order valence-corrected chi connectivity index (χ2v) is 9.57. The fourth-order valence-electron chi connectivity index (χ4n) is 3.54. The summed E-state index contributed by atoms with van der Waals surface area (Å²) in [6.07, 6.45) is 0.640. The molecule has 0 radical (unpaired) electrons. The Morgan fingerprint density at radius 1 is 1.18 bits per heavy atom. The zero-order chi connectivity index (χ0) is 20.5. The van der Waals surface area contributed by atoms with E-state index in [0.717, 1.165) is 16.9 Å². The third-order valence-corrected chi connectivity index (χ3v) is 7.25. The fraction of sp³-hybridized carbons (Fsp3) is 0.579. The number of sulfonamides is 1. The lowest BCUT2D eigenvalue weighted by atomic mass is 10.2. The average Bonchev–Trinajstić information content (AvgIpc) is 2.96. The van der Waals surface area contributed by atoms with Gasteiger partial charge in [0.25, 0.3) is 5.91 Å². The van der Waals surface area contributed by atoms with E-state index in [-0.39, 0.29) is 11.7 Å². The predicted octanol–water partition coefficient (Wildman–Crippen LogP) is 1.13. The van der Waals surface area contributed by atoms with Gasteiger partial charge in [0, 0.05) is 52.9 Å². The van der Waals surface area contributed by atoms with E-state index in [2.05, 4.69) is 4.90 Å². The van der Waals surface area contributed by atoms with Gasteiger partial charge in [0.05, 0.1) is 23.3 Å². The maximum absolute atomic E-state index is 12.2. The van der Waals surface area contributed by atoms with E-state index in [9.17, 15) is 13.2 Å². The van der Waals surface area contributed by atoms with Crippen LogP contribution in [0.4, 0.5) is 0 Å². The molecule has 3 rings (SSSR count). The summed E-state index contributed by atoms with van der Waals surface area (Å²) in [6.45, 7) is 4.97. The summed E-state index contributed by atoms with van der Waals surface area (Å²) < 4.78 is 28.1. The van der Waals surface area contributed by atoms with Gasteiger partial charge in [-0.2, -0.15) is 4.31 Å². The van der Waals surface area contributed by atoms with Crippen LogP contribution in [0, 0.1) is 0 Å². The number of aromatic nitrogens is 2. The standard InChI is InChI=1S/C19H29N5O3S/c1-5-12-28(26,27)24-10-8-23(9-11-24)14-18-20-16-13-15(19(25)21(2)3)6-7-17(16)22(18)4/h6-7,13H,5,8-12,14H2,1-4H3. The van der Waals surface area contributed by atoms with E-state index >= 15 is 0 Å². The number of benzene rings is 1. The Morgan fingerprint density at radius 3 is 2.46 bits per heavy atom. The zero-order valence-electron chi connectivity index (χ0n) is 17.1. The van der Waals surface area contributed by atoms with Gasteiger partial charge in [-0.3, -0.25) is 9.69 Å². The molecule has 1 aromatic heterocycles. The molecule has 0 saturated carbocycles. The number of hydrogen-bond acceptors (Lipinski definition) is 5. The maximum atomic E-state index is 12.2. The Balaban J connectivity index is 1.71. The molecule has 1 amide bonds. The summed E-state index contributed by atoms with van der Waals surface area (Å²) in [4.78, 5) is 20.7. The molecule has 2 heterocycles. The third kappa shape index (κ3) is 4.21. The molecule has 154 valence electrons. The van der Waals surface area contributed by atoms with E-state index in [1.54, 1.807) is 23.3 Å². The first kappa shape index (κ1) is 20.8. The molecule has 1 fully saturated rings. The molecule has 1 aliphatic rings. The van der Waals surface area contributed by atoms with E-state index in [1.807, 2.05) is 36.7 Å². The number of carbonyl (C=O) groups excluding carboxylic acids is 1. The summed E-state index contributed by atoms with van der Waals surface area (Å²) in [5, 5.41) is 0. The van der Waals surface area contributed by atoms with Crippen LogP contribution in [0.3, 0.4) is 0 Å². The van der Waals surface area contributed by atoms with Crippen LogP contribution in [0.1, 0.15) is 29.5 Å². The van der Waals surface area contributed by atoms with Crippen molar-refractivity contribution in [1.29, 1.82) is 0 Å². The number of piperazine rings is 1. The number of carbonyl (C=O) groups is 1. The number of hydrogen-bond donors (Lipinski definition) is 0. The summed E-state index contributed by atoms with van der Waals surface area (Å²) >= 11 is 0. The topological polar surface area (TPSA) is 78.8 Å². The van der Waals surface area contributed by atoms with E-state index in [4.69, 9.17) is 4.98 Å². The van der Waals surface area contributed by atoms with Crippen molar-refractivity contribution in [2.24, 2.45) is 7.05 Å². The summed E-state index contributed by atoms with van der Waals surface area (Å²) in [7, 11) is 2.31. The van der Waals surface area contributed by atoms with E-state index in [0.29, 0.717) is 44.7 Å². The van der Waals surface area contributed by atoms with E-state index in [1.165, 1.54) is 0 Å². The minimum atomic E-state index is -3.13. The lowest BCUT2D eigenvalue weighted by Gasteiger charge is -2.33. The molecule has 1 aromatic carbocycles. The predicted molar refractivity (Wildman–Crippen MR) is 110 cm³/mol. The minimum absolute atomic E-state index is 0.0430. The maximum Gasteiger partial charge on any atom is 0.253 e. The van der Waals surface area contributed by atoms with Gasteiger partial charge in [0.1, 0.15) is 5.82 Å². The third-order valence-electron chi connectivity index (χ3n) is 5.18. The van der Waals surface area contributed by atoms with Crippen molar-refractivity contribution in [3.05, 3.63) is 29.6 Å². The van der Waals surface area contributed by atoms with Gasteiger partial charge in [-0.05, 0) is 24.6 Å². The highest BCUT2D eigenvalue weighted by molar-refractivity contribution is 7.89. The van der Waals surface area contributed by atoms with Crippen LogP contribution >= 0.6 is 0 Å². The molecular weight excluding hydrogens is 378 g/mol. The summed E-state index contributed by atoms with van der Waals surface area (Å²) in [5.41, 5.74) is 2.40. The van der Waals surface area contributed by atoms with Crippen molar-refractivity contribution < 1.29 is 13.2 Å². The highest BCUT2D eigenvalue weighted by Gasteiger charge is 2.26. The van der Waals surface area contributed by atoms with Crippen molar-refractivity contribution in [3.63, 3.8) is 0 Å². The molecule has 8 nitrogen and oxygen atoms in total. The number of fused-ring (bicyclic) bond motifs is 1. The average molecular weight is 408 g/mol. The molecule has 2 aromatic rings. The highest BCUT2D eigenvalue weighted by atomic mass is 32.2. The minimum Gasteiger partial charge on any atom is -0.345 e. The molecule has 9 heteroatoms. The van der Waals surface area contributed by atoms with Crippen molar-refractivity contribution in [2.45, 2.75) is 19.9 Å². The Bertz CT molecular complexity index is 959. The first-order valence-electron chi connectivity index (χ1n) is 9.60. The molecule has 28 heavy (non-hydrogen) atoms. The Morgan fingerprint density at radius 2 is 1.86 bits per heavy atom. The smallest absolute Gasteiger partial charge is 0.253 e. The SMILES string of the molecule is CCCS(=O)(=O)N1CCN(Cc2nc3cc(C(=O)N(C)C)ccc3n2C)CC1. The fourth-order valence-corrected chi connectivity index (χ4v) is 5.03. The van der Waals surface area contributed by atoms with Gasteiger partial charge in [0.15, 0.2) is 0 Å². The number of amides is 1. The second-order valence-electron chi connectivity index (χ2n) is 7.48. The van der Waals surface area contributed by atoms with Crippen LogP contribution in [-0.2, 0) is 23.6 Å². The number of imidazole rings is 1. The van der Waals surface area contributed by atoms with Crippen LogP contribution in [-0.4, -0.2) is 84.0 Å². The quantitative estimate of drug-likeness (QED) is 0.717. The largest absolute Gasteiger partial charge is 0.345 e. The van der Waals surface area contributed by atoms with Crippen molar-refractivity contribution in [2.75, 3.05) is 46.0 Å². The first-order chi connectivity index (χ1) is 13.2. The number of aryl methyl sites for hydroxylation is 1. The molecule has 1 saturated heterocycles. The second kappa shape index (κ2) is 8.18. The lowest BCUT2D eigenvalue weighted by molar-refractivity contribution is 0.0827. The molecule has 0 bridgehead atoms. The number of nitrogens with zero attached hydrogens (tertiary/aromatic N) is 5. The molecule has 0 spiro atoms. The van der Waals surface area contributed by atoms with Crippen LogP contribution < -0.4 is 0 Å². The monoisotopic (exact) mass is 407 g/mol. The molecule has 0 aliphatic carbocycles. The van der Waals surface area contributed by atoms with Gasteiger partial charge in [0.2, 0.25) is 10.0 Å². The van der Waals surface area contributed by atoms with Crippen LogP contribution in [0.5, 0.6) is 0 Å². The summed E-state index contributed by atoms with van der Waals surface area (Å²) in [6, 6.07) is 5.59. The van der Waals surface area contributed by atoms with Crippen molar-refractivity contribution >= 4 is 27.0 Å². The van der Waals surface area contributed by atoms with Crippen LogP contribution in [0.2, 0.25) is 0 Å². The van der Waals surface area contributed by atoms with Crippen LogP contribution in [0.25, 0.3) is 11.0 Å². The molecule has 1 aliphatic heterocycles. The van der Waals surface area contributed by atoms with Gasteiger partial charge >= 0.3 is 0 Å². The molecular formula is C19H29N5O3S. The van der Waals surface area contributed by atoms with Gasteiger partial charge in [-0.1, -0.05) is 6.92 Å². The first-order valence-corrected chi connectivity index (χ1v) is 11.2. The van der Waals surface area contributed by atoms with E-state index < -0.39 is 10.0 Å². The van der Waals surface area contributed by atoms with Crippen LogP contribution in [0.15, 0.2) is 18.2 Å². The van der Waals surface area contributed by atoms with Crippen molar-refractivity contribution in [1.82, 2.24) is 23.7 Å². The summed E-state index contributed by atoms with van der Waals surface area (Å²) in [5.74, 6) is 1.08. The lowest BCUT2D eigenvalue weighted by Crippen LogP contribution is -2.49. The Kier molecular flexibility index (Phi) is 6.07. The van der Waals surface area contributed by atoms with Gasteiger partial charge in [-0.25, -0.2) is 13.4 Å². The molecule has 0 unspecified atom stereocenters. The van der Waals surface area contributed by atoms with Crippen molar-refractivity contribution in [3.8, 4) is 0 Å². The highest BCUT2D eigenvalue weighted by Crippen LogP contribution is 2.19. The number of rotatable bonds is 6.